The summed E-state index contributed by atoms with van der Waals surface area (Å²) in [4.78, 5) is 11.0. The topological polar surface area (TPSA) is 73.0 Å². The highest BCUT2D eigenvalue weighted by molar-refractivity contribution is 5.60. The largest absolute Gasteiger partial charge is 0.361 e. The lowest BCUT2D eigenvalue weighted by atomic mass is 10.1. The van der Waals surface area contributed by atoms with Crippen LogP contribution < -0.4 is 5.32 Å². The van der Waals surface area contributed by atoms with Gasteiger partial charge in [0.25, 0.3) is 0 Å². The zero-order valence-corrected chi connectivity index (χ0v) is 12.1. The maximum atomic E-state index is 11.3. The lowest BCUT2D eigenvalue weighted by molar-refractivity contribution is -0.384. The molecule has 0 radical (unpaired) electrons. The van der Waals surface area contributed by atoms with Crippen LogP contribution in [0, 0.1) is 28.9 Å². The monoisotopic (exact) mass is 278 g/mol. The van der Waals surface area contributed by atoms with Crippen LogP contribution in [0.2, 0.25) is 0 Å². The minimum Gasteiger partial charge on any atom is -0.361 e. The van der Waals surface area contributed by atoms with E-state index in [0.29, 0.717) is 29.4 Å². The van der Waals surface area contributed by atoms with E-state index in [4.69, 9.17) is 0 Å². The van der Waals surface area contributed by atoms with Crippen molar-refractivity contribution in [2.24, 2.45) is 11.8 Å². The fourth-order valence-electron chi connectivity index (χ4n) is 3.00. The molecule has 2 aliphatic rings. The van der Waals surface area contributed by atoms with Crippen LogP contribution in [0.1, 0.15) is 44.7 Å². The summed E-state index contributed by atoms with van der Waals surface area (Å²) in [6.07, 6.45) is 5.93. The first kappa shape index (κ1) is 13.4. The third kappa shape index (κ3) is 2.51. The third-order valence-corrected chi connectivity index (χ3v) is 4.28. The molecule has 1 aromatic heterocycles. The summed E-state index contributed by atoms with van der Waals surface area (Å²) in [7, 11) is 0. The molecule has 0 saturated heterocycles. The van der Waals surface area contributed by atoms with E-state index in [1.165, 1.54) is 25.7 Å². The molecule has 0 aliphatic heterocycles. The first-order valence-corrected chi connectivity index (χ1v) is 7.60. The molecule has 110 valence electrons. The van der Waals surface area contributed by atoms with Gasteiger partial charge in [-0.3, -0.25) is 10.1 Å². The number of nitrogens with one attached hydrogen (secondary N) is 1. The van der Waals surface area contributed by atoms with Crippen molar-refractivity contribution >= 4 is 11.5 Å². The smallest absolute Gasteiger partial charge is 0.333 e. The maximum absolute atomic E-state index is 11.3. The molecule has 0 spiro atoms. The Balaban J connectivity index is 1.90. The highest BCUT2D eigenvalue weighted by Crippen LogP contribution is 2.46. The molecule has 6 nitrogen and oxygen atoms in total. The quantitative estimate of drug-likeness (QED) is 0.614. The average Bonchev–Trinajstić information content (AvgIpc) is 3.25. The van der Waals surface area contributed by atoms with Gasteiger partial charge in [0.05, 0.1) is 4.92 Å². The van der Waals surface area contributed by atoms with Crippen molar-refractivity contribution in [3.63, 3.8) is 0 Å². The van der Waals surface area contributed by atoms with Crippen LogP contribution in [0.15, 0.2) is 0 Å². The van der Waals surface area contributed by atoms with Gasteiger partial charge in [-0.15, -0.1) is 0 Å². The minimum absolute atomic E-state index is 0.157. The van der Waals surface area contributed by atoms with Crippen molar-refractivity contribution in [1.82, 2.24) is 9.78 Å². The van der Waals surface area contributed by atoms with Gasteiger partial charge in [0.2, 0.25) is 5.82 Å². The molecule has 20 heavy (non-hydrogen) atoms. The summed E-state index contributed by atoms with van der Waals surface area (Å²) in [6.45, 7) is 4.50. The van der Waals surface area contributed by atoms with Crippen LogP contribution in [0.25, 0.3) is 0 Å². The predicted octanol–water partition coefficient (Wildman–Crippen LogP) is 3.11. The van der Waals surface area contributed by atoms with E-state index in [1.54, 1.807) is 11.6 Å². The zero-order chi connectivity index (χ0) is 14.3. The summed E-state index contributed by atoms with van der Waals surface area (Å²) in [5, 5.41) is 19.2. The number of nitro groups is 1. The molecular formula is C14H22N4O2. The molecule has 1 heterocycles. The van der Waals surface area contributed by atoms with Gasteiger partial charge in [-0.2, -0.15) is 5.10 Å². The number of nitrogens with zero attached hydrogens (tertiary/aromatic N) is 3. The lowest BCUT2D eigenvalue weighted by Crippen LogP contribution is -2.26. The van der Waals surface area contributed by atoms with Gasteiger partial charge in [0.15, 0.2) is 0 Å². The summed E-state index contributed by atoms with van der Waals surface area (Å²) in [6, 6.07) is 0.403. The Labute approximate surface area is 118 Å². The molecule has 0 aromatic carbocycles. The summed E-state index contributed by atoms with van der Waals surface area (Å²) < 4.78 is 1.78. The predicted molar refractivity (Wildman–Crippen MR) is 76.8 cm³/mol. The Morgan fingerprint density at radius 2 is 2.00 bits per heavy atom. The van der Waals surface area contributed by atoms with E-state index in [9.17, 15) is 10.1 Å². The zero-order valence-electron chi connectivity index (χ0n) is 12.1. The van der Waals surface area contributed by atoms with Crippen molar-refractivity contribution < 1.29 is 4.92 Å². The van der Waals surface area contributed by atoms with Crippen LogP contribution in [-0.4, -0.2) is 20.7 Å². The van der Waals surface area contributed by atoms with Gasteiger partial charge in [0, 0.05) is 12.6 Å². The number of anilines is 1. The van der Waals surface area contributed by atoms with E-state index in [-0.39, 0.29) is 10.6 Å². The Kier molecular flexibility index (Phi) is 3.40. The Bertz CT molecular complexity index is 505. The van der Waals surface area contributed by atoms with Crippen molar-refractivity contribution in [2.45, 2.75) is 58.5 Å². The Morgan fingerprint density at radius 3 is 2.45 bits per heavy atom. The van der Waals surface area contributed by atoms with Crippen molar-refractivity contribution in [3.8, 4) is 0 Å². The molecular weight excluding hydrogens is 256 g/mol. The molecule has 2 saturated carbocycles. The van der Waals surface area contributed by atoms with E-state index in [1.807, 2.05) is 0 Å². The van der Waals surface area contributed by atoms with Gasteiger partial charge in [-0.05, 0) is 50.9 Å². The molecule has 0 amide bonds. The number of hydrogen-bond donors (Lipinski definition) is 1. The highest BCUT2D eigenvalue weighted by Gasteiger charge is 2.43. The maximum Gasteiger partial charge on any atom is 0.333 e. The van der Waals surface area contributed by atoms with E-state index in [0.717, 1.165) is 13.0 Å². The first-order chi connectivity index (χ1) is 9.61. The summed E-state index contributed by atoms with van der Waals surface area (Å²) in [5.41, 5.74) is 0.668. The van der Waals surface area contributed by atoms with Gasteiger partial charge >= 0.3 is 5.69 Å². The van der Waals surface area contributed by atoms with Crippen molar-refractivity contribution in [2.75, 3.05) is 5.32 Å². The molecule has 0 bridgehead atoms. The van der Waals surface area contributed by atoms with Gasteiger partial charge in [-0.1, -0.05) is 6.92 Å². The van der Waals surface area contributed by atoms with E-state index < -0.39 is 0 Å². The number of rotatable bonds is 7. The number of aromatic nitrogens is 2. The molecule has 6 heteroatoms. The van der Waals surface area contributed by atoms with Crippen LogP contribution in [0.4, 0.5) is 11.5 Å². The minimum atomic E-state index is -0.298. The normalized spacial score (nSPS) is 18.6. The SMILES string of the molecule is CCCn1nc(C)c([N+](=O)[O-])c1NC(C1CC1)C1CC1. The summed E-state index contributed by atoms with van der Waals surface area (Å²) in [5.74, 6) is 2.03. The van der Waals surface area contributed by atoms with E-state index >= 15 is 0 Å². The number of aryl methyl sites for hydroxylation is 2. The van der Waals surface area contributed by atoms with E-state index in [2.05, 4.69) is 17.3 Å². The van der Waals surface area contributed by atoms with Crippen LogP contribution in [-0.2, 0) is 6.54 Å². The van der Waals surface area contributed by atoms with Crippen LogP contribution in [0.3, 0.4) is 0 Å². The van der Waals surface area contributed by atoms with Gasteiger partial charge in [-0.25, -0.2) is 4.68 Å². The lowest BCUT2D eigenvalue weighted by Gasteiger charge is -2.19. The Hall–Kier alpha value is -1.59. The summed E-state index contributed by atoms with van der Waals surface area (Å²) >= 11 is 0. The molecule has 2 aliphatic carbocycles. The first-order valence-electron chi connectivity index (χ1n) is 7.60. The second kappa shape index (κ2) is 5.07. The van der Waals surface area contributed by atoms with Crippen LogP contribution in [0.5, 0.6) is 0 Å². The second-order valence-corrected chi connectivity index (χ2v) is 6.11. The van der Waals surface area contributed by atoms with Crippen molar-refractivity contribution in [1.29, 1.82) is 0 Å². The fraction of sp³-hybridized carbons (Fsp3) is 0.786. The molecule has 0 unspecified atom stereocenters. The van der Waals surface area contributed by atoms with Crippen LogP contribution >= 0.6 is 0 Å². The molecule has 2 fully saturated rings. The van der Waals surface area contributed by atoms with Gasteiger partial charge in [0.1, 0.15) is 5.69 Å². The molecule has 1 N–H and O–H groups in total. The average molecular weight is 278 g/mol. The third-order valence-electron chi connectivity index (χ3n) is 4.28. The second-order valence-electron chi connectivity index (χ2n) is 6.11. The standard InChI is InChI=1S/C14H22N4O2/c1-3-8-17-14(13(18(19)20)9(2)16-17)15-12(10-4-5-10)11-6-7-11/h10-12,15H,3-8H2,1-2H3. The number of hydrogen-bond acceptors (Lipinski definition) is 4. The van der Waals surface area contributed by atoms with Gasteiger partial charge < -0.3 is 5.32 Å². The highest BCUT2D eigenvalue weighted by atomic mass is 16.6. The molecule has 0 atom stereocenters. The van der Waals surface area contributed by atoms with Crippen molar-refractivity contribution in [3.05, 3.63) is 15.8 Å². The molecule has 1 aromatic rings. The fourth-order valence-corrected chi connectivity index (χ4v) is 3.00. The molecule has 3 rings (SSSR count). The Morgan fingerprint density at radius 1 is 1.40 bits per heavy atom.